The maximum atomic E-state index is 12.0. The first kappa shape index (κ1) is 15.5. The van der Waals surface area contributed by atoms with Gasteiger partial charge in [-0.15, -0.1) is 0 Å². The van der Waals surface area contributed by atoms with Crippen LogP contribution in [-0.4, -0.2) is 30.8 Å². The van der Waals surface area contributed by atoms with Gasteiger partial charge < -0.3 is 15.2 Å². The fourth-order valence-corrected chi connectivity index (χ4v) is 1.61. The minimum absolute atomic E-state index is 0.177. The molecule has 1 aromatic rings. The summed E-state index contributed by atoms with van der Waals surface area (Å²) in [5.74, 6) is 0.548. The predicted octanol–water partition coefficient (Wildman–Crippen LogP) is 2.14. The van der Waals surface area contributed by atoms with Gasteiger partial charge in [-0.1, -0.05) is 20.8 Å². The van der Waals surface area contributed by atoms with Crippen LogP contribution in [0, 0.1) is 12.3 Å². The number of methoxy groups -OCH3 is 1. The van der Waals surface area contributed by atoms with Crippen molar-refractivity contribution in [1.82, 2.24) is 5.32 Å². The van der Waals surface area contributed by atoms with Crippen molar-refractivity contribution >= 4 is 5.91 Å². The first-order chi connectivity index (χ1) is 8.75. The summed E-state index contributed by atoms with van der Waals surface area (Å²) in [4.78, 5) is 12.0. The zero-order valence-electron chi connectivity index (χ0n) is 12.3. The Morgan fingerprint density at radius 3 is 2.53 bits per heavy atom. The number of hydrogen-bond acceptors (Lipinski definition) is 3. The van der Waals surface area contributed by atoms with Crippen LogP contribution in [0.3, 0.4) is 0 Å². The second kappa shape index (κ2) is 6.06. The van der Waals surface area contributed by atoms with E-state index in [1.807, 2.05) is 33.8 Å². The molecule has 4 heteroatoms. The van der Waals surface area contributed by atoms with Gasteiger partial charge in [0.15, 0.2) is 0 Å². The number of benzene rings is 1. The number of amides is 1. The molecular formula is C15H23NO3. The number of aliphatic hydroxyl groups is 1. The van der Waals surface area contributed by atoms with Crippen molar-refractivity contribution < 1.29 is 14.6 Å². The van der Waals surface area contributed by atoms with Crippen LogP contribution in [0.5, 0.6) is 5.75 Å². The molecule has 2 N–H and O–H groups in total. The summed E-state index contributed by atoms with van der Waals surface area (Å²) in [5.41, 5.74) is 1.20. The Morgan fingerprint density at radius 2 is 2.05 bits per heavy atom. The number of hydrogen-bond donors (Lipinski definition) is 2. The van der Waals surface area contributed by atoms with Crippen LogP contribution in [0.15, 0.2) is 18.2 Å². The molecule has 4 nitrogen and oxygen atoms in total. The molecule has 0 aliphatic carbocycles. The van der Waals surface area contributed by atoms with E-state index in [9.17, 15) is 9.90 Å². The topological polar surface area (TPSA) is 58.6 Å². The number of ether oxygens (including phenoxy) is 1. The summed E-state index contributed by atoms with van der Waals surface area (Å²) in [6.07, 6.45) is -0.574. The quantitative estimate of drug-likeness (QED) is 0.877. The SMILES string of the molecule is COc1ccc(C(=O)NCC(O)C(C)(C)C)c(C)c1. The molecule has 0 aliphatic heterocycles. The summed E-state index contributed by atoms with van der Waals surface area (Å²) in [6.45, 7) is 7.90. The molecule has 1 amide bonds. The number of nitrogens with one attached hydrogen (secondary N) is 1. The zero-order valence-corrected chi connectivity index (χ0v) is 12.3. The lowest BCUT2D eigenvalue weighted by atomic mass is 9.89. The highest BCUT2D eigenvalue weighted by atomic mass is 16.5. The molecule has 0 heterocycles. The third-order valence-electron chi connectivity index (χ3n) is 3.13. The molecule has 0 aromatic heterocycles. The van der Waals surface area contributed by atoms with E-state index in [1.165, 1.54) is 0 Å². The maximum Gasteiger partial charge on any atom is 0.251 e. The van der Waals surface area contributed by atoms with Gasteiger partial charge in [-0.3, -0.25) is 4.79 Å². The molecule has 106 valence electrons. The molecule has 1 aromatic carbocycles. The standard InChI is InChI=1S/C15H23NO3/c1-10-8-11(19-5)6-7-12(10)14(18)16-9-13(17)15(2,3)4/h6-8,13,17H,9H2,1-5H3,(H,16,18). The van der Waals surface area contributed by atoms with E-state index in [1.54, 1.807) is 19.2 Å². The molecule has 1 rings (SSSR count). The molecule has 0 radical (unpaired) electrons. The molecule has 0 saturated carbocycles. The lowest BCUT2D eigenvalue weighted by Gasteiger charge is -2.26. The van der Waals surface area contributed by atoms with Gasteiger partial charge in [0.2, 0.25) is 0 Å². The third-order valence-corrected chi connectivity index (χ3v) is 3.13. The molecule has 0 spiro atoms. The minimum atomic E-state index is -0.574. The van der Waals surface area contributed by atoms with Crippen molar-refractivity contribution in [1.29, 1.82) is 0 Å². The Bertz CT molecular complexity index is 449. The molecule has 0 fully saturated rings. The number of rotatable bonds is 4. The van der Waals surface area contributed by atoms with Gasteiger partial charge in [0.25, 0.3) is 5.91 Å². The second-order valence-corrected chi connectivity index (χ2v) is 5.77. The van der Waals surface area contributed by atoms with E-state index in [2.05, 4.69) is 5.32 Å². The van der Waals surface area contributed by atoms with Crippen molar-refractivity contribution in [3.63, 3.8) is 0 Å². The van der Waals surface area contributed by atoms with Crippen molar-refractivity contribution in [2.24, 2.45) is 5.41 Å². The van der Waals surface area contributed by atoms with E-state index in [0.717, 1.165) is 11.3 Å². The Hall–Kier alpha value is -1.55. The van der Waals surface area contributed by atoms with Crippen LogP contribution in [-0.2, 0) is 0 Å². The lowest BCUT2D eigenvalue weighted by Crippen LogP contribution is -2.39. The number of aryl methyl sites for hydroxylation is 1. The first-order valence-electron chi connectivity index (χ1n) is 6.36. The highest BCUT2D eigenvalue weighted by Gasteiger charge is 2.22. The van der Waals surface area contributed by atoms with Gasteiger partial charge >= 0.3 is 0 Å². The average Bonchev–Trinajstić information content (AvgIpc) is 2.34. The van der Waals surface area contributed by atoms with E-state index < -0.39 is 6.10 Å². The van der Waals surface area contributed by atoms with Crippen LogP contribution in [0.4, 0.5) is 0 Å². The van der Waals surface area contributed by atoms with E-state index in [0.29, 0.717) is 5.56 Å². The summed E-state index contributed by atoms with van der Waals surface area (Å²) >= 11 is 0. The van der Waals surface area contributed by atoms with Crippen LogP contribution in [0.2, 0.25) is 0 Å². The maximum absolute atomic E-state index is 12.0. The largest absolute Gasteiger partial charge is 0.497 e. The molecule has 1 unspecified atom stereocenters. The summed E-state index contributed by atoms with van der Waals surface area (Å²) in [6, 6.07) is 5.30. The van der Waals surface area contributed by atoms with E-state index in [4.69, 9.17) is 4.74 Å². The van der Waals surface area contributed by atoms with Crippen LogP contribution < -0.4 is 10.1 Å². The third kappa shape index (κ3) is 4.24. The summed E-state index contributed by atoms with van der Waals surface area (Å²) in [7, 11) is 1.59. The van der Waals surface area contributed by atoms with Crippen LogP contribution in [0.25, 0.3) is 0 Å². The van der Waals surface area contributed by atoms with Crippen molar-refractivity contribution in [3.8, 4) is 5.75 Å². The van der Waals surface area contributed by atoms with Gasteiger partial charge in [0, 0.05) is 12.1 Å². The van der Waals surface area contributed by atoms with Gasteiger partial charge in [0.1, 0.15) is 5.75 Å². The van der Waals surface area contributed by atoms with Gasteiger partial charge in [-0.05, 0) is 36.1 Å². The number of carbonyl (C=O) groups is 1. The molecular weight excluding hydrogens is 242 g/mol. The van der Waals surface area contributed by atoms with E-state index >= 15 is 0 Å². The predicted molar refractivity (Wildman–Crippen MR) is 75.5 cm³/mol. The average molecular weight is 265 g/mol. The normalized spacial score (nSPS) is 12.9. The monoisotopic (exact) mass is 265 g/mol. The number of carbonyl (C=O) groups excluding carboxylic acids is 1. The van der Waals surface area contributed by atoms with Gasteiger partial charge in [-0.2, -0.15) is 0 Å². The molecule has 0 aliphatic rings. The Labute approximate surface area is 114 Å². The Kier molecular flexibility index (Phi) is 4.95. The Morgan fingerprint density at radius 1 is 1.42 bits per heavy atom. The molecule has 1 atom stereocenters. The van der Waals surface area contributed by atoms with Crippen LogP contribution in [0.1, 0.15) is 36.7 Å². The Balaban J connectivity index is 2.69. The van der Waals surface area contributed by atoms with Crippen molar-refractivity contribution in [2.75, 3.05) is 13.7 Å². The van der Waals surface area contributed by atoms with Crippen molar-refractivity contribution in [2.45, 2.75) is 33.8 Å². The fraction of sp³-hybridized carbons (Fsp3) is 0.533. The highest BCUT2D eigenvalue weighted by molar-refractivity contribution is 5.95. The molecule has 0 bridgehead atoms. The first-order valence-corrected chi connectivity index (χ1v) is 6.36. The summed E-state index contributed by atoms with van der Waals surface area (Å²) < 4.78 is 5.10. The van der Waals surface area contributed by atoms with E-state index in [-0.39, 0.29) is 17.9 Å². The van der Waals surface area contributed by atoms with Gasteiger partial charge in [0.05, 0.1) is 13.2 Å². The molecule has 19 heavy (non-hydrogen) atoms. The highest BCUT2D eigenvalue weighted by Crippen LogP contribution is 2.19. The van der Waals surface area contributed by atoms with Gasteiger partial charge in [-0.25, -0.2) is 0 Å². The smallest absolute Gasteiger partial charge is 0.251 e. The molecule has 0 saturated heterocycles. The fourth-order valence-electron chi connectivity index (χ4n) is 1.61. The van der Waals surface area contributed by atoms with Crippen LogP contribution >= 0.6 is 0 Å². The second-order valence-electron chi connectivity index (χ2n) is 5.77. The lowest BCUT2D eigenvalue weighted by molar-refractivity contribution is 0.0586. The zero-order chi connectivity index (χ0) is 14.6. The van der Waals surface area contributed by atoms with Crippen molar-refractivity contribution in [3.05, 3.63) is 29.3 Å². The summed E-state index contributed by atoms with van der Waals surface area (Å²) in [5, 5.41) is 12.7. The minimum Gasteiger partial charge on any atom is -0.497 e. The number of aliphatic hydroxyl groups excluding tert-OH is 1.